The molecule has 0 amide bonds. The average Bonchev–Trinajstić information content (AvgIpc) is 2.54. The summed E-state index contributed by atoms with van der Waals surface area (Å²) < 4.78 is 1.16. The van der Waals surface area contributed by atoms with Gasteiger partial charge in [-0.1, -0.05) is 76.6 Å². The Morgan fingerprint density at radius 2 is 1.00 bits per heavy atom. The first-order chi connectivity index (χ1) is 10.3. The van der Waals surface area contributed by atoms with Crippen molar-refractivity contribution in [1.29, 1.82) is 0 Å². The number of halogens is 1. The van der Waals surface area contributed by atoms with E-state index >= 15 is 0 Å². The Hall–Kier alpha value is -2.12. The molecular weight excluding hydrogens is 320 g/mol. The van der Waals surface area contributed by atoms with Gasteiger partial charge in [-0.3, -0.25) is 0 Å². The van der Waals surface area contributed by atoms with Crippen LogP contribution in [0.4, 0.5) is 0 Å². The van der Waals surface area contributed by atoms with Crippen LogP contribution in [0.5, 0.6) is 0 Å². The molecule has 0 heterocycles. The Balaban J connectivity index is 2.29. The smallest absolute Gasteiger partial charge is 0.0254 e. The standard InChI is InChI=1S/C20H11Br/c21-18-11-10-16-14-7-2-5-12-4-1-6-13(19(12)14)15-8-3-9-17(18)20(15)16/h1-11H. The van der Waals surface area contributed by atoms with Gasteiger partial charge in [-0.25, -0.2) is 0 Å². The van der Waals surface area contributed by atoms with Crippen molar-refractivity contribution in [3.8, 4) is 0 Å². The summed E-state index contributed by atoms with van der Waals surface area (Å²) in [6.07, 6.45) is 0. The van der Waals surface area contributed by atoms with Gasteiger partial charge in [0.1, 0.15) is 0 Å². The average molecular weight is 331 g/mol. The third-order valence-corrected chi connectivity index (χ3v) is 5.16. The molecule has 0 saturated heterocycles. The Labute approximate surface area is 130 Å². The van der Waals surface area contributed by atoms with Crippen molar-refractivity contribution in [2.75, 3.05) is 0 Å². The molecule has 0 aromatic heterocycles. The van der Waals surface area contributed by atoms with Crippen LogP contribution in [0, 0.1) is 0 Å². The summed E-state index contributed by atoms with van der Waals surface area (Å²) >= 11 is 3.70. The predicted molar refractivity (Wildman–Crippen MR) is 95.4 cm³/mol. The zero-order chi connectivity index (χ0) is 14.0. The first-order valence-electron chi connectivity index (χ1n) is 7.08. The largest absolute Gasteiger partial charge is 0.0610 e. The summed E-state index contributed by atoms with van der Waals surface area (Å²) in [4.78, 5) is 0. The highest BCUT2D eigenvalue weighted by Gasteiger charge is 2.12. The highest BCUT2D eigenvalue weighted by atomic mass is 79.9. The number of fused-ring (bicyclic) bond motifs is 2. The molecule has 21 heavy (non-hydrogen) atoms. The zero-order valence-electron chi connectivity index (χ0n) is 11.2. The third kappa shape index (κ3) is 1.39. The fourth-order valence-electron chi connectivity index (χ4n) is 3.61. The minimum atomic E-state index is 1.16. The van der Waals surface area contributed by atoms with Gasteiger partial charge in [-0.05, 0) is 49.2 Å². The van der Waals surface area contributed by atoms with Crippen LogP contribution < -0.4 is 0 Å². The van der Waals surface area contributed by atoms with E-state index in [4.69, 9.17) is 0 Å². The van der Waals surface area contributed by atoms with E-state index in [1.165, 1.54) is 43.1 Å². The highest BCUT2D eigenvalue weighted by molar-refractivity contribution is 9.10. The molecule has 0 aliphatic rings. The number of hydrogen-bond acceptors (Lipinski definition) is 0. The molecule has 0 nitrogen and oxygen atoms in total. The lowest BCUT2D eigenvalue weighted by Crippen LogP contribution is -1.86. The Morgan fingerprint density at radius 3 is 1.71 bits per heavy atom. The van der Waals surface area contributed by atoms with Crippen LogP contribution in [0.15, 0.2) is 71.2 Å². The molecule has 0 aliphatic heterocycles. The molecule has 0 aliphatic carbocycles. The van der Waals surface area contributed by atoms with Gasteiger partial charge in [0.2, 0.25) is 0 Å². The van der Waals surface area contributed by atoms with Gasteiger partial charge in [0.25, 0.3) is 0 Å². The van der Waals surface area contributed by atoms with Gasteiger partial charge in [0, 0.05) is 4.47 Å². The van der Waals surface area contributed by atoms with E-state index in [0.717, 1.165) is 4.47 Å². The summed E-state index contributed by atoms with van der Waals surface area (Å²) in [5.41, 5.74) is 0. The molecule has 98 valence electrons. The van der Waals surface area contributed by atoms with Crippen LogP contribution in [0.3, 0.4) is 0 Å². The maximum Gasteiger partial charge on any atom is 0.0254 e. The Bertz CT molecular complexity index is 1090. The first-order valence-corrected chi connectivity index (χ1v) is 7.87. The molecule has 0 spiro atoms. The number of hydrogen-bond donors (Lipinski definition) is 0. The van der Waals surface area contributed by atoms with Crippen molar-refractivity contribution in [2.45, 2.75) is 0 Å². The minimum absolute atomic E-state index is 1.16. The first kappa shape index (κ1) is 11.5. The maximum absolute atomic E-state index is 3.70. The molecule has 0 bridgehead atoms. The van der Waals surface area contributed by atoms with Gasteiger partial charge in [0.15, 0.2) is 0 Å². The molecule has 1 heteroatoms. The second-order valence-corrected chi connectivity index (χ2v) is 6.39. The van der Waals surface area contributed by atoms with Crippen LogP contribution in [-0.4, -0.2) is 0 Å². The minimum Gasteiger partial charge on any atom is -0.0610 e. The summed E-state index contributed by atoms with van der Waals surface area (Å²) in [5, 5.41) is 10.7. The lowest BCUT2D eigenvalue weighted by molar-refractivity contribution is 1.75. The van der Waals surface area contributed by atoms with Crippen molar-refractivity contribution in [3.05, 3.63) is 71.2 Å². The van der Waals surface area contributed by atoms with Crippen LogP contribution in [0.25, 0.3) is 43.1 Å². The maximum atomic E-state index is 3.70. The van der Waals surface area contributed by atoms with Crippen molar-refractivity contribution in [3.63, 3.8) is 0 Å². The van der Waals surface area contributed by atoms with Gasteiger partial charge in [-0.15, -0.1) is 0 Å². The molecule has 0 N–H and O–H groups in total. The SMILES string of the molecule is Brc1ccc2c3cccc4cccc(c5cccc1c52)c43. The zero-order valence-corrected chi connectivity index (χ0v) is 12.8. The van der Waals surface area contributed by atoms with E-state index < -0.39 is 0 Å². The Kier molecular flexibility index (Phi) is 2.17. The number of benzene rings is 5. The van der Waals surface area contributed by atoms with Crippen LogP contribution >= 0.6 is 15.9 Å². The molecule has 5 aromatic rings. The van der Waals surface area contributed by atoms with E-state index in [1.54, 1.807) is 0 Å². The molecular formula is C20H11Br. The quantitative estimate of drug-likeness (QED) is 0.224. The van der Waals surface area contributed by atoms with E-state index in [9.17, 15) is 0 Å². The molecule has 5 rings (SSSR count). The monoisotopic (exact) mass is 330 g/mol. The summed E-state index contributed by atoms with van der Waals surface area (Å²) in [6, 6.07) is 24.2. The molecule has 0 unspecified atom stereocenters. The summed E-state index contributed by atoms with van der Waals surface area (Å²) in [6.45, 7) is 0. The second-order valence-electron chi connectivity index (χ2n) is 5.53. The topological polar surface area (TPSA) is 0 Å². The fourth-order valence-corrected chi connectivity index (χ4v) is 4.07. The van der Waals surface area contributed by atoms with E-state index in [0.29, 0.717) is 0 Å². The van der Waals surface area contributed by atoms with Gasteiger partial charge in [0.05, 0.1) is 0 Å². The van der Waals surface area contributed by atoms with Gasteiger partial charge in [-0.2, -0.15) is 0 Å². The van der Waals surface area contributed by atoms with E-state index in [-0.39, 0.29) is 0 Å². The van der Waals surface area contributed by atoms with Crippen LogP contribution in [0.1, 0.15) is 0 Å². The normalized spacial score (nSPS) is 12.0. The van der Waals surface area contributed by atoms with E-state index in [1.807, 2.05) is 0 Å². The second kappa shape index (κ2) is 3.96. The number of rotatable bonds is 0. The van der Waals surface area contributed by atoms with Crippen molar-refractivity contribution >= 4 is 59.0 Å². The molecule has 0 radical (unpaired) electrons. The third-order valence-electron chi connectivity index (χ3n) is 4.47. The van der Waals surface area contributed by atoms with Crippen molar-refractivity contribution in [2.24, 2.45) is 0 Å². The van der Waals surface area contributed by atoms with Crippen molar-refractivity contribution in [1.82, 2.24) is 0 Å². The van der Waals surface area contributed by atoms with Crippen molar-refractivity contribution < 1.29 is 0 Å². The lowest BCUT2D eigenvalue weighted by atomic mass is 9.90. The molecule has 5 aromatic carbocycles. The highest BCUT2D eigenvalue weighted by Crippen LogP contribution is 2.41. The molecule has 0 fully saturated rings. The van der Waals surface area contributed by atoms with Gasteiger partial charge < -0.3 is 0 Å². The lowest BCUT2D eigenvalue weighted by Gasteiger charge is -2.14. The summed E-state index contributed by atoms with van der Waals surface area (Å²) in [7, 11) is 0. The van der Waals surface area contributed by atoms with Crippen LogP contribution in [0.2, 0.25) is 0 Å². The van der Waals surface area contributed by atoms with Crippen LogP contribution in [-0.2, 0) is 0 Å². The fraction of sp³-hybridized carbons (Fsp3) is 0. The molecule has 0 saturated carbocycles. The molecule has 0 atom stereocenters. The summed E-state index contributed by atoms with van der Waals surface area (Å²) in [5.74, 6) is 0. The predicted octanol–water partition coefficient (Wildman–Crippen LogP) is 6.50. The van der Waals surface area contributed by atoms with E-state index in [2.05, 4.69) is 82.7 Å². The van der Waals surface area contributed by atoms with Gasteiger partial charge >= 0.3 is 0 Å². The Morgan fingerprint density at radius 1 is 0.476 bits per heavy atom.